The van der Waals surface area contributed by atoms with Crippen molar-refractivity contribution in [3.05, 3.63) is 48.6 Å². The van der Waals surface area contributed by atoms with Gasteiger partial charge >= 0.3 is 6.09 Å². The van der Waals surface area contributed by atoms with Crippen molar-refractivity contribution in [1.82, 2.24) is 4.90 Å². The van der Waals surface area contributed by atoms with Crippen molar-refractivity contribution in [2.45, 2.75) is 19.1 Å². The van der Waals surface area contributed by atoms with Gasteiger partial charge in [0.2, 0.25) is 0 Å². The highest BCUT2D eigenvalue weighted by atomic mass is 16.6. The quantitative estimate of drug-likeness (QED) is 0.764. The van der Waals surface area contributed by atoms with Crippen LogP contribution in [0.1, 0.15) is 12.0 Å². The van der Waals surface area contributed by atoms with Crippen LogP contribution in [-0.4, -0.2) is 29.4 Å². The molecule has 0 unspecified atom stereocenters. The van der Waals surface area contributed by atoms with Crippen LogP contribution >= 0.6 is 0 Å². The highest BCUT2D eigenvalue weighted by molar-refractivity contribution is 5.97. The maximum absolute atomic E-state index is 11.7. The van der Waals surface area contributed by atoms with Gasteiger partial charge in [0.25, 0.3) is 0 Å². The maximum Gasteiger partial charge on any atom is 0.411 e. The average Bonchev–Trinajstić information content (AvgIpc) is 2.40. The molecular formula is C14H15NO3. The van der Waals surface area contributed by atoms with Crippen molar-refractivity contribution >= 4 is 11.9 Å². The van der Waals surface area contributed by atoms with E-state index in [-0.39, 0.29) is 25.0 Å². The van der Waals surface area contributed by atoms with Gasteiger partial charge in [-0.15, -0.1) is 6.58 Å². The van der Waals surface area contributed by atoms with Gasteiger partial charge in [0.15, 0.2) is 5.78 Å². The summed E-state index contributed by atoms with van der Waals surface area (Å²) in [7, 11) is 0. The number of ether oxygens (including phenoxy) is 1. The molecule has 0 radical (unpaired) electrons. The van der Waals surface area contributed by atoms with Gasteiger partial charge in [0.1, 0.15) is 6.61 Å². The van der Waals surface area contributed by atoms with E-state index >= 15 is 0 Å². The number of hydrogen-bond acceptors (Lipinski definition) is 3. The first-order chi connectivity index (χ1) is 8.72. The Balaban J connectivity index is 1.85. The molecule has 0 spiro atoms. The lowest BCUT2D eigenvalue weighted by Crippen LogP contribution is -2.59. The van der Waals surface area contributed by atoms with E-state index in [0.29, 0.717) is 6.42 Å². The van der Waals surface area contributed by atoms with Gasteiger partial charge in [-0.2, -0.15) is 0 Å². The molecule has 1 saturated heterocycles. The van der Waals surface area contributed by atoms with Crippen LogP contribution in [0.2, 0.25) is 0 Å². The van der Waals surface area contributed by atoms with Crippen LogP contribution < -0.4 is 0 Å². The van der Waals surface area contributed by atoms with E-state index in [4.69, 9.17) is 4.74 Å². The normalized spacial score (nSPS) is 18.1. The minimum absolute atomic E-state index is 0.0616. The lowest BCUT2D eigenvalue weighted by molar-refractivity contribution is -0.134. The van der Waals surface area contributed by atoms with E-state index in [1.807, 2.05) is 30.3 Å². The summed E-state index contributed by atoms with van der Waals surface area (Å²) in [4.78, 5) is 24.5. The predicted octanol–water partition coefficient (Wildman–Crippen LogP) is 2.15. The third-order valence-electron chi connectivity index (χ3n) is 2.90. The number of nitrogens with zero attached hydrogens (tertiary/aromatic N) is 1. The molecule has 4 nitrogen and oxygen atoms in total. The van der Waals surface area contributed by atoms with Gasteiger partial charge < -0.3 is 4.74 Å². The zero-order valence-electron chi connectivity index (χ0n) is 10.0. The Bertz CT molecular complexity index is 455. The second kappa shape index (κ2) is 5.49. The third-order valence-corrected chi connectivity index (χ3v) is 2.90. The Hall–Kier alpha value is -2.10. The van der Waals surface area contributed by atoms with Crippen molar-refractivity contribution in [3.63, 3.8) is 0 Å². The molecule has 2 rings (SSSR count). The van der Waals surface area contributed by atoms with Crippen molar-refractivity contribution < 1.29 is 14.3 Å². The van der Waals surface area contributed by atoms with Gasteiger partial charge in [0, 0.05) is 0 Å². The minimum Gasteiger partial charge on any atom is -0.445 e. The number of likely N-dealkylation sites (tertiary alicyclic amines) is 1. The lowest BCUT2D eigenvalue weighted by atomic mass is 9.99. The van der Waals surface area contributed by atoms with E-state index < -0.39 is 6.09 Å². The van der Waals surface area contributed by atoms with Crippen LogP contribution in [0.4, 0.5) is 4.79 Å². The number of rotatable bonds is 4. The standard InChI is InChI=1S/C14H15NO3/c1-2-6-12-13(16)9-15(12)14(17)18-10-11-7-4-3-5-8-11/h2-5,7-8,12H,1,6,9-10H2/t12-/m0/s1. The van der Waals surface area contributed by atoms with Gasteiger partial charge in [-0.1, -0.05) is 36.4 Å². The van der Waals surface area contributed by atoms with E-state index in [1.54, 1.807) is 6.08 Å². The molecule has 0 aromatic heterocycles. The summed E-state index contributed by atoms with van der Waals surface area (Å²) >= 11 is 0. The highest BCUT2D eigenvalue weighted by Gasteiger charge is 2.40. The minimum atomic E-state index is -0.440. The first-order valence-corrected chi connectivity index (χ1v) is 5.83. The molecule has 1 aromatic carbocycles. The van der Waals surface area contributed by atoms with Gasteiger partial charge in [0.05, 0.1) is 12.6 Å². The van der Waals surface area contributed by atoms with Gasteiger partial charge in [-0.05, 0) is 12.0 Å². The second-order valence-corrected chi connectivity index (χ2v) is 4.17. The first kappa shape index (κ1) is 12.4. The SMILES string of the molecule is C=CC[C@H]1C(=O)CN1C(=O)OCc1ccccc1. The van der Waals surface area contributed by atoms with E-state index in [2.05, 4.69) is 6.58 Å². The molecule has 1 fully saturated rings. The maximum atomic E-state index is 11.7. The second-order valence-electron chi connectivity index (χ2n) is 4.17. The van der Waals surface area contributed by atoms with Crippen LogP contribution in [0.3, 0.4) is 0 Å². The van der Waals surface area contributed by atoms with Crippen LogP contribution in [0.15, 0.2) is 43.0 Å². The Morgan fingerprint density at radius 2 is 2.17 bits per heavy atom. The molecule has 0 bridgehead atoms. The largest absolute Gasteiger partial charge is 0.445 e. The molecular weight excluding hydrogens is 230 g/mol. The lowest BCUT2D eigenvalue weighted by Gasteiger charge is -2.37. The molecule has 0 saturated carbocycles. The van der Waals surface area contributed by atoms with Crippen LogP contribution in [0, 0.1) is 0 Å². The monoisotopic (exact) mass is 245 g/mol. The summed E-state index contributed by atoms with van der Waals surface area (Å²) in [6.45, 7) is 3.95. The summed E-state index contributed by atoms with van der Waals surface area (Å²) in [6.07, 6.45) is 1.68. The fourth-order valence-electron chi connectivity index (χ4n) is 1.86. The molecule has 1 aliphatic heterocycles. The van der Waals surface area contributed by atoms with Crippen molar-refractivity contribution in [2.24, 2.45) is 0 Å². The summed E-state index contributed by atoms with van der Waals surface area (Å²) < 4.78 is 5.16. The molecule has 1 aliphatic rings. The zero-order chi connectivity index (χ0) is 13.0. The zero-order valence-corrected chi connectivity index (χ0v) is 10.0. The molecule has 0 aliphatic carbocycles. The van der Waals surface area contributed by atoms with Crippen LogP contribution in [0.5, 0.6) is 0 Å². The summed E-state index contributed by atoms with van der Waals surface area (Å²) in [5, 5.41) is 0. The van der Waals surface area contributed by atoms with Gasteiger partial charge in [-0.3, -0.25) is 9.69 Å². The van der Waals surface area contributed by atoms with E-state index in [9.17, 15) is 9.59 Å². The molecule has 18 heavy (non-hydrogen) atoms. The number of amides is 1. The predicted molar refractivity (Wildman–Crippen MR) is 66.9 cm³/mol. The average molecular weight is 245 g/mol. The number of ketones is 1. The van der Waals surface area contributed by atoms with Crippen molar-refractivity contribution in [2.75, 3.05) is 6.54 Å². The Morgan fingerprint density at radius 3 is 2.78 bits per heavy atom. The molecule has 1 aromatic rings. The summed E-state index contributed by atoms with van der Waals surface area (Å²) in [5.41, 5.74) is 0.929. The molecule has 0 N–H and O–H groups in total. The van der Waals surface area contributed by atoms with Crippen molar-refractivity contribution in [3.8, 4) is 0 Å². The van der Waals surface area contributed by atoms with Crippen LogP contribution in [0.25, 0.3) is 0 Å². The number of carbonyl (C=O) groups excluding carboxylic acids is 2. The molecule has 1 heterocycles. The number of carbonyl (C=O) groups is 2. The van der Waals surface area contributed by atoms with Crippen molar-refractivity contribution in [1.29, 1.82) is 0 Å². The Morgan fingerprint density at radius 1 is 1.44 bits per heavy atom. The third kappa shape index (κ3) is 2.59. The molecule has 4 heteroatoms. The number of hydrogen-bond donors (Lipinski definition) is 0. The van der Waals surface area contributed by atoms with E-state index in [1.165, 1.54) is 4.90 Å². The smallest absolute Gasteiger partial charge is 0.411 e. The molecule has 1 amide bonds. The summed E-state index contributed by atoms with van der Waals surface area (Å²) in [6, 6.07) is 9.06. The molecule has 1 atom stereocenters. The number of benzene rings is 1. The summed E-state index contributed by atoms with van der Waals surface area (Å²) in [5.74, 6) is 0.0616. The van der Waals surface area contributed by atoms with Gasteiger partial charge in [-0.25, -0.2) is 4.79 Å². The fraction of sp³-hybridized carbons (Fsp3) is 0.286. The molecule has 94 valence electrons. The topological polar surface area (TPSA) is 46.6 Å². The Kier molecular flexibility index (Phi) is 3.77. The van der Waals surface area contributed by atoms with E-state index in [0.717, 1.165) is 5.56 Å². The number of Topliss-reactive ketones (excluding diaryl/α,β-unsaturated/α-hetero) is 1. The Labute approximate surface area is 106 Å². The fourth-order valence-corrected chi connectivity index (χ4v) is 1.86. The highest BCUT2D eigenvalue weighted by Crippen LogP contribution is 2.19. The van der Waals surface area contributed by atoms with Crippen LogP contribution in [-0.2, 0) is 16.1 Å². The first-order valence-electron chi connectivity index (χ1n) is 5.83.